The molecule has 0 bridgehead atoms. The number of hydrogen-bond acceptors (Lipinski definition) is 3. The lowest BCUT2D eigenvalue weighted by Gasteiger charge is -2.10. The quantitative estimate of drug-likeness (QED) is 0.854. The Morgan fingerprint density at radius 3 is 2.70 bits per heavy atom. The summed E-state index contributed by atoms with van der Waals surface area (Å²) >= 11 is 6.18. The smallest absolute Gasteiger partial charge is 0.252 e. The van der Waals surface area contributed by atoms with Gasteiger partial charge in [0.15, 0.2) is 0 Å². The number of halogens is 1. The number of hydrogen-bond donors (Lipinski definition) is 2. The molecule has 0 radical (unpaired) electrons. The minimum Gasteiger partial charge on any atom is -0.381 e. The molecule has 2 rings (SSSR count). The van der Waals surface area contributed by atoms with Crippen molar-refractivity contribution in [3.8, 4) is 0 Å². The first-order valence-corrected chi connectivity index (χ1v) is 7.86. The van der Waals surface area contributed by atoms with Gasteiger partial charge in [-0.25, -0.2) is 0 Å². The first kappa shape index (κ1) is 17.1. The van der Waals surface area contributed by atoms with Crippen LogP contribution in [0.2, 0.25) is 5.02 Å². The number of carbonyl (C=O) groups excluding carboxylic acids is 1. The monoisotopic (exact) mass is 333 g/mol. The summed E-state index contributed by atoms with van der Waals surface area (Å²) in [4.78, 5) is 23.5. The third kappa shape index (κ3) is 4.60. The molecule has 2 aromatic rings. The molecule has 0 saturated carbocycles. The van der Waals surface area contributed by atoms with E-state index in [2.05, 4.69) is 10.6 Å². The van der Waals surface area contributed by atoms with E-state index < -0.39 is 0 Å². The molecule has 0 unspecified atom stereocenters. The van der Waals surface area contributed by atoms with Crippen LogP contribution in [0.4, 0.5) is 5.69 Å². The summed E-state index contributed by atoms with van der Waals surface area (Å²) in [6.07, 6.45) is 2.60. The Bertz CT molecular complexity index is 756. The molecular formula is C17H20ClN3O2. The average Bonchev–Trinajstić information content (AvgIpc) is 2.53. The maximum absolute atomic E-state index is 11.9. The topological polar surface area (TPSA) is 63.1 Å². The lowest BCUT2D eigenvalue weighted by atomic mass is 10.2. The highest BCUT2D eigenvalue weighted by Crippen LogP contribution is 2.21. The van der Waals surface area contributed by atoms with Crippen molar-refractivity contribution in [1.82, 2.24) is 9.88 Å². The van der Waals surface area contributed by atoms with Gasteiger partial charge in [-0.2, -0.15) is 0 Å². The Labute approximate surface area is 140 Å². The number of anilines is 1. The van der Waals surface area contributed by atoms with Gasteiger partial charge in [0.2, 0.25) is 0 Å². The van der Waals surface area contributed by atoms with E-state index in [0.717, 1.165) is 17.7 Å². The van der Waals surface area contributed by atoms with Gasteiger partial charge in [0.05, 0.1) is 10.6 Å². The van der Waals surface area contributed by atoms with Crippen molar-refractivity contribution >= 4 is 23.2 Å². The Morgan fingerprint density at radius 2 is 2.04 bits per heavy atom. The van der Waals surface area contributed by atoms with Gasteiger partial charge < -0.3 is 15.2 Å². The van der Waals surface area contributed by atoms with Gasteiger partial charge in [-0.3, -0.25) is 9.59 Å². The van der Waals surface area contributed by atoms with Crippen molar-refractivity contribution in [2.45, 2.75) is 19.9 Å². The zero-order chi connectivity index (χ0) is 16.8. The number of rotatable bonds is 6. The summed E-state index contributed by atoms with van der Waals surface area (Å²) in [6, 6.07) is 8.67. The molecule has 1 aromatic heterocycles. The summed E-state index contributed by atoms with van der Waals surface area (Å²) in [6.45, 7) is 3.12. The van der Waals surface area contributed by atoms with Gasteiger partial charge in [0.25, 0.3) is 11.5 Å². The SMILES string of the molecule is CCCNC(=O)c1ccc(NCc2ccn(C)c(=O)c2)cc1Cl. The molecule has 2 N–H and O–H groups in total. The molecular weight excluding hydrogens is 314 g/mol. The lowest BCUT2D eigenvalue weighted by Crippen LogP contribution is -2.24. The van der Waals surface area contributed by atoms with Crippen LogP contribution in [-0.4, -0.2) is 17.0 Å². The summed E-state index contributed by atoms with van der Waals surface area (Å²) in [7, 11) is 1.71. The molecule has 6 heteroatoms. The highest BCUT2D eigenvalue weighted by Gasteiger charge is 2.10. The molecule has 0 fully saturated rings. The third-order valence-electron chi connectivity index (χ3n) is 3.41. The number of carbonyl (C=O) groups is 1. The molecule has 23 heavy (non-hydrogen) atoms. The Kier molecular flexibility index (Phi) is 5.82. The predicted molar refractivity (Wildman–Crippen MR) is 93.1 cm³/mol. The molecule has 0 spiro atoms. The van der Waals surface area contributed by atoms with E-state index in [4.69, 9.17) is 11.6 Å². The third-order valence-corrected chi connectivity index (χ3v) is 3.73. The van der Waals surface area contributed by atoms with Crippen molar-refractivity contribution < 1.29 is 4.79 Å². The van der Waals surface area contributed by atoms with Crippen LogP contribution in [0.3, 0.4) is 0 Å². The molecule has 5 nitrogen and oxygen atoms in total. The summed E-state index contributed by atoms with van der Waals surface area (Å²) in [5.41, 5.74) is 2.08. The minimum atomic E-state index is -0.171. The fourth-order valence-electron chi connectivity index (χ4n) is 2.05. The van der Waals surface area contributed by atoms with Gasteiger partial charge in [-0.1, -0.05) is 18.5 Å². The Morgan fingerprint density at radius 1 is 1.26 bits per heavy atom. The molecule has 122 valence electrons. The number of pyridine rings is 1. The van der Waals surface area contributed by atoms with Crippen molar-refractivity contribution in [3.63, 3.8) is 0 Å². The molecule has 1 heterocycles. The van der Waals surface area contributed by atoms with Gasteiger partial charge in [-0.05, 0) is 36.2 Å². The van der Waals surface area contributed by atoms with E-state index in [-0.39, 0.29) is 11.5 Å². The van der Waals surface area contributed by atoms with Gasteiger partial charge >= 0.3 is 0 Å². The van der Waals surface area contributed by atoms with Crippen molar-refractivity contribution in [2.24, 2.45) is 7.05 Å². The minimum absolute atomic E-state index is 0.0507. The maximum atomic E-state index is 11.9. The van der Waals surface area contributed by atoms with E-state index in [0.29, 0.717) is 23.7 Å². The standard InChI is InChI=1S/C17H20ClN3O2/c1-3-7-19-17(23)14-5-4-13(10-15(14)18)20-11-12-6-8-21(2)16(22)9-12/h4-6,8-10,20H,3,7,11H2,1-2H3,(H,19,23). The van der Waals surface area contributed by atoms with E-state index in [1.54, 1.807) is 37.5 Å². The van der Waals surface area contributed by atoms with Crippen molar-refractivity contribution in [3.05, 3.63) is 63.0 Å². The number of aromatic nitrogens is 1. The predicted octanol–water partition coefficient (Wildman–Crippen LogP) is 2.79. The first-order valence-electron chi connectivity index (χ1n) is 7.48. The van der Waals surface area contributed by atoms with Crippen LogP contribution >= 0.6 is 11.6 Å². The van der Waals surface area contributed by atoms with Crippen molar-refractivity contribution in [2.75, 3.05) is 11.9 Å². The van der Waals surface area contributed by atoms with Gasteiger partial charge in [0.1, 0.15) is 0 Å². The normalized spacial score (nSPS) is 10.4. The van der Waals surface area contributed by atoms with E-state index >= 15 is 0 Å². The Balaban J connectivity index is 2.04. The van der Waals surface area contributed by atoms with Crippen molar-refractivity contribution in [1.29, 1.82) is 0 Å². The second-order valence-corrected chi connectivity index (χ2v) is 5.70. The summed E-state index contributed by atoms with van der Waals surface area (Å²) < 4.78 is 1.52. The first-order chi connectivity index (χ1) is 11.0. The molecule has 0 aliphatic heterocycles. The zero-order valence-corrected chi connectivity index (χ0v) is 14.0. The fourth-order valence-corrected chi connectivity index (χ4v) is 2.31. The summed E-state index contributed by atoms with van der Waals surface area (Å²) in [5, 5.41) is 6.39. The van der Waals surface area contributed by atoms with E-state index in [1.807, 2.05) is 13.0 Å². The van der Waals surface area contributed by atoms with Crippen LogP contribution < -0.4 is 16.2 Å². The van der Waals surface area contributed by atoms with Crippen LogP contribution in [0.5, 0.6) is 0 Å². The zero-order valence-electron chi connectivity index (χ0n) is 13.2. The fraction of sp³-hybridized carbons (Fsp3) is 0.294. The highest BCUT2D eigenvalue weighted by molar-refractivity contribution is 6.34. The van der Waals surface area contributed by atoms with Crippen LogP contribution in [0.25, 0.3) is 0 Å². The number of amides is 1. The van der Waals surface area contributed by atoms with Crippen LogP contribution in [0.15, 0.2) is 41.3 Å². The van der Waals surface area contributed by atoms with Crippen LogP contribution in [0.1, 0.15) is 29.3 Å². The summed E-state index contributed by atoms with van der Waals surface area (Å²) in [5.74, 6) is -0.171. The molecule has 0 saturated heterocycles. The largest absolute Gasteiger partial charge is 0.381 e. The van der Waals surface area contributed by atoms with Gasteiger partial charge in [-0.15, -0.1) is 0 Å². The molecule has 0 atom stereocenters. The van der Waals surface area contributed by atoms with Crippen LogP contribution in [0, 0.1) is 0 Å². The van der Waals surface area contributed by atoms with E-state index in [1.165, 1.54) is 4.57 Å². The highest BCUT2D eigenvalue weighted by atomic mass is 35.5. The second kappa shape index (κ2) is 7.83. The number of nitrogens with one attached hydrogen (secondary N) is 2. The number of nitrogens with zero attached hydrogens (tertiary/aromatic N) is 1. The molecule has 0 aliphatic carbocycles. The van der Waals surface area contributed by atoms with Gasteiger partial charge in [0, 0.05) is 38.1 Å². The molecule has 1 aromatic carbocycles. The average molecular weight is 334 g/mol. The second-order valence-electron chi connectivity index (χ2n) is 5.29. The number of benzene rings is 1. The molecule has 1 amide bonds. The lowest BCUT2D eigenvalue weighted by molar-refractivity contribution is 0.0954. The van der Waals surface area contributed by atoms with Crippen LogP contribution in [-0.2, 0) is 13.6 Å². The Hall–Kier alpha value is -2.27. The number of aryl methyl sites for hydroxylation is 1. The van der Waals surface area contributed by atoms with E-state index in [9.17, 15) is 9.59 Å². The molecule has 0 aliphatic rings. The maximum Gasteiger partial charge on any atom is 0.252 e.